The molecule has 0 heterocycles. The van der Waals surface area contributed by atoms with Crippen LogP contribution in [0.4, 0.5) is 0 Å². The van der Waals surface area contributed by atoms with Crippen LogP contribution in [0.2, 0.25) is 0 Å². The second-order valence-corrected chi connectivity index (χ2v) is 2.69. The van der Waals surface area contributed by atoms with E-state index in [-0.39, 0.29) is 12.0 Å². The highest BCUT2D eigenvalue weighted by Crippen LogP contribution is 2.08. The summed E-state index contributed by atoms with van der Waals surface area (Å²) in [5, 5.41) is 0. The molecular weight excluding hydrogens is 142 g/mol. The number of hydrogen-bond acceptors (Lipinski definition) is 3. The van der Waals surface area contributed by atoms with Gasteiger partial charge in [0.2, 0.25) is 0 Å². The summed E-state index contributed by atoms with van der Waals surface area (Å²) in [5.74, 6) is -0.333. The molecule has 0 fully saturated rings. The number of hydrogen-bond donors (Lipinski definition) is 1. The summed E-state index contributed by atoms with van der Waals surface area (Å²) >= 11 is 0. The van der Waals surface area contributed by atoms with Gasteiger partial charge in [0, 0.05) is 6.04 Å². The van der Waals surface area contributed by atoms with Crippen molar-refractivity contribution in [2.45, 2.75) is 26.8 Å². The fourth-order valence-electron chi connectivity index (χ4n) is 0.955. The molecule has 0 aliphatic rings. The van der Waals surface area contributed by atoms with Crippen molar-refractivity contribution in [2.24, 2.45) is 5.73 Å². The molecule has 0 aliphatic carbocycles. The van der Waals surface area contributed by atoms with Gasteiger partial charge in [-0.15, -0.1) is 0 Å². The van der Waals surface area contributed by atoms with Crippen LogP contribution in [0.3, 0.4) is 0 Å². The van der Waals surface area contributed by atoms with E-state index in [0.29, 0.717) is 5.57 Å². The number of allylic oxidation sites excluding steroid dienone is 1. The number of nitrogens with two attached hydrogens (primary N) is 1. The monoisotopic (exact) mass is 157 g/mol. The Hall–Kier alpha value is -0.830. The zero-order valence-electron chi connectivity index (χ0n) is 7.47. The van der Waals surface area contributed by atoms with Crippen molar-refractivity contribution in [3.8, 4) is 0 Å². The maximum absolute atomic E-state index is 11.0. The second-order valence-electron chi connectivity index (χ2n) is 2.69. The number of esters is 1. The highest BCUT2D eigenvalue weighted by Gasteiger charge is 2.14. The molecule has 3 heteroatoms. The molecule has 11 heavy (non-hydrogen) atoms. The van der Waals surface area contributed by atoms with Gasteiger partial charge in [-0.2, -0.15) is 0 Å². The van der Waals surface area contributed by atoms with Gasteiger partial charge >= 0.3 is 5.97 Å². The number of carbonyl (C=O) groups excluding carboxylic acids is 1. The summed E-state index contributed by atoms with van der Waals surface area (Å²) in [7, 11) is 1.35. The highest BCUT2D eigenvalue weighted by atomic mass is 16.5. The summed E-state index contributed by atoms with van der Waals surface area (Å²) in [6, 6.07) is -0.257. The average molecular weight is 157 g/mol. The Labute approximate surface area is 67.2 Å². The quantitative estimate of drug-likeness (QED) is 0.477. The van der Waals surface area contributed by atoms with Gasteiger partial charge in [-0.05, 0) is 20.8 Å². The lowest BCUT2D eigenvalue weighted by Gasteiger charge is -2.10. The first-order valence-corrected chi connectivity index (χ1v) is 3.52. The highest BCUT2D eigenvalue weighted by molar-refractivity contribution is 5.90. The normalized spacial score (nSPS) is 12.1. The minimum atomic E-state index is -0.333. The van der Waals surface area contributed by atoms with Gasteiger partial charge in [-0.1, -0.05) is 5.57 Å². The Bertz CT molecular complexity index is 179. The van der Waals surface area contributed by atoms with Crippen molar-refractivity contribution in [2.75, 3.05) is 7.11 Å². The van der Waals surface area contributed by atoms with E-state index in [2.05, 4.69) is 4.74 Å². The molecule has 64 valence electrons. The fourth-order valence-corrected chi connectivity index (χ4v) is 0.955. The van der Waals surface area contributed by atoms with Crippen molar-refractivity contribution in [3.63, 3.8) is 0 Å². The predicted molar refractivity (Wildman–Crippen MR) is 44.0 cm³/mol. The van der Waals surface area contributed by atoms with Gasteiger partial charge in [0.1, 0.15) is 0 Å². The van der Waals surface area contributed by atoms with Gasteiger partial charge in [0.25, 0.3) is 0 Å². The first-order valence-electron chi connectivity index (χ1n) is 3.52. The largest absolute Gasteiger partial charge is 0.466 e. The van der Waals surface area contributed by atoms with Crippen molar-refractivity contribution in [1.29, 1.82) is 0 Å². The summed E-state index contributed by atoms with van der Waals surface area (Å²) in [5.41, 5.74) is 7.03. The van der Waals surface area contributed by atoms with Gasteiger partial charge in [-0.3, -0.25) is 0 Å². The van der Waals surface area contributed by atoms with Crippen LogP contribution in [0.1, 0.15) is 20.8 Å². The van der Waals surface area contributed by atoms with Crippen LogP contribution in [0.15, 0.2) is 11.1 Å². The van der Waals surface area contributed by atoms with E-state index >= 15 is 0 Å². The third-order valence-corrected chi connectivity index (χ3v) is 1.40. The van der Waals surface area contributed by atoms with Crippen LogP contribution >= 0.6 is 0 Å². The van der Waals surface area contributed by atoms with Crippen molar-refractivity contribution < 1.29 is 9.53 Å². The van der Waals surface area contributed by atoms with E-state index in [1.807, 2.05) is 13.8 Å². The Balaban J connectivity index is 4.64. The standard InChI is InChI=1S/C8H15NO2/c1-5(2)7(6(3)9)8(10)11-4/h6H,9H2,1-4H3. The summed E-state index contributed by atoms with van der Waals surface area (Å²) in [6.45, 7) is 5.45. The Morgan fingerprint density at radius 1 is 1.45 bits per heavy atom. The van der Waals surface area contributed by atoms with Crippen molar-refractivity contribution in [1.82, 2.24) is 0 Å². The molecule has 2 N–H and O–H groups in total. The topological polar surface area (TPSA) is 52.3 Å². The first kappa shape index (κ1) is 10.2. The summed E-state index contributed by atoms with van der Waals surface area (Å²) in [4.78, 5) is 11.0. The summed E-state index contributed by atoms with van der Waals surface area (Å²) < 4.78 is 4.56. The molecule has 0 spiro atoms. The van der Waals surface area contributed by atoms with E-state index < -0.39 is 0 Å². The van der Waals surface area contributed by atoms with E-state index in [1.165, 1.54) is 7.11 Å². The maximum atomic E-state index is 11.0. The number of ether oxygens (including phenoxy) is 1. The predicted octanol–water partition coefficient (Wildman–Crippen LogP) is 0.843. The molecule has 0 aromatic heterocycles. The smallest absolute Gasteiger partial charge is 0.335 e. The van der Waals surface area contributed by atoms with Gasteiger partial charge in [0.15, 0.2) is 0 Å². The zero-order chi connectivity index (χ0) is 9.02. The molecule has 0 saturated carbocycles. The minimum absolute atomic E-state index is 0.257. The SMILES string of the molecule is COC(=O)C(=C(C)C)C(C)N. The van der Waals surface area contributed by atoms with Crippen LogP contribution in [0, 0.1) is 0 Å². The molecule has 0 aliphatic heterocycles. The zero-order valence-corrected chi connectivity index (χ0v) is 7.47. The van der Waals surface area contributed by atoms with E-state index in [4.69, 9.17) is 5.73 Å². The third-order valence-electron chi connectivity index (χ3n) is 1.40. The average Bonchev–Trinajstić information content (AvgIpc) is 1.85. The van der Waals surface area contributed by atoms with Crippen molar-refractivity contribution in [3.05, 3.63) is 11.1 Å². The Morgan fingerprint density at radius 3 is 2.00 bits per heavy atom. The maximum Gasteiger partial charge on any atom is 0.335 e. The molecule has 0 radical (unpaired) electrons. The van der Waals surface area contributed by atoms with Crippen LogP contribution < -0.4 is 5.73 Å². The molecule has 0 amide bonds. The Kier molecular flexibility index (Phi) is 3.82. The minimum Gasteiger partial charge on any atom is -0.466 e. The second kappa shape index (κ2) is 4.13. The van der Waals surface area contributed by atoms with Crippen LogP contribution in [0.25, 0.3) is 0 Å². The Morgan fingerprint density at radius 2 is 1.91 bits per heavy atom. The lowest BCUT2D eigenvalue weighted by Crippen LogP contribution is -2.25. The van der Waals surface area contributed by atoms with E-state index in [1.54, 1.807) is 6.92 Å². The molecule has 3 nitrogen and oxygen atoms in total. The molecule has 0 aromatic rings. The molecule has 0 aromatic carbocycles. The first-order chi connectivity index (χ1) is 5.00. The van der Waals surface area contributed by atoms with E-state index in [9.17, 15) is 4.79 Å². The molecule has 1 atom stereocenters. The van der Waals surface area contributed by atoms with Gasteiger partial charge in [-0.25, -0.2) is 4.79 Å². The lowest BCUT2D eigenvalue weighted by molar-refractivity contribution is -0.136. The molecular formula is C8H15NO2. The van der Waals surface area contributed by atoms with E-state index in [0.717, 1.165) is 5.57 Å². The third kappa shape index (κ3) is 2.72. The number of rotatable bonds is 2. The molecule has 0 bridgehead atoms. The summed E-state index contributed by atoms with van der Waals surface area (Å²) in [6.07, 6.45) is 0. The number of methoxy groups -OCH3 is 1. The van der Waals surface area contributed by atoms with Gasteiger partial charge in [0.05, 0.1) is 12.7 Å². The van der Waals surface area contributed by atoms with Crippen LogP contribution in [-0.4, -0.2) is 19.1 Å². The lowest BCUT2D eigenvalue weighted by atomic mass is 10.1. The fraction of sp³-hybridized carbons (Fsp3) is 0.625. The van der Waals surface area contributed by atoms with Crippen LogP contribution in [-0.2, 0) is 9.53 Å². The van der Waals surface area contributed by atoms with Crippen molar-refractivity contribution >= 4 is 5.97 Å². The molecule has 0 saturated heterocycles. The van der Waals surface area contributed by atoms with Gasteiger partial charge < -0.3 is 10.5 Å². The molecule has 0 rings (SSSR count). The number of carbonyl (C=O) groups is 1. The van der Waals surface area contributed by atoms with Crippen LogP contribution in [0.5, 0.6) is 0 Å². The molecule has 1 unspecified atom stereocenters.